The molecule has 0 amide bonds. The van der Waals surface area contributed by atoms with E-state index in [-0.39, 0.29) is 0 Å². The summed E-state index contributed by atoms with van der Waals surface area (Å²) < 4.78 is 9.35. The molecule has 1 aromatic carbocycles. The van der Waals surface area contributed by atoms with Gasteiger partial charge in [-0.2, -0.15) is 10.2 Å². The highest BCUT2D eigenvalue weighted by Crippen LogP contribution is 2.30. The predicted molar refractivity (Wildman–Crippen MR) is 99.0 cm³/mol. The maximum atomic E-state index is 5.20. The van der Waals surface area contributed by atoms with E-state index >= 15 is 0 Å². The number of benzene rings is 1. The van der Waals surface area contributed by atoms with E-state index in [2.05, 4.69) is 34.0 Å². The van der Waals surface area contributed by atoms with E-state index in [1.807, 2.05) is 23.1 Å². The number of fused-ring (bicyclic) bond motifs is 1. The maximum Gasteiger partial charge on any atom is 0.153 e. The van der Waals surface area contributed by atoms with Gasteiger partial charge in [0.1, 0.15) is 5.82 Å². The standard InChI is InChI=1S/C20H25N5O/c1-26-13-9-19-22-20(8-4-11-24-12-5-10-21-24)25(23-19)18-14-16-6-2-3-7-17(16)15-18/h2-3,5-7,10,12,18H,4,8-9,11,13-15H2,1H3. The van der Waals surface area contributed by atoms with Crippen molar-refractivity contribution in [2.75, 3.05) is 13.7 Å². The Morgan fingerprint density at radius 2 is 1.92 bits per heavy atom. The Morgan fingerprint density at radius 3 is 2.62 bits per heavy atom. The average molecular weight is 351 g/mol. The van der Waals surface area contributed by atoms with Crippen LogP contribution in [0.15, 0.2) is 42.7 Å². The Labute approximate surface area is 153 Å². The van der Waals surface area contributed by atoms with E-state index in [1.165, 1.54) is 11.1 Å². The minimum Gasteiger partial charge on any atom is -0.384 e. The van der Waals surface area contributed by atoms with Gasteiger partial charge in [0.25, 0.3) is 0 Å². The highest BCUT2D eigenvalue weighted by atomic mass is 16.5. The Kier molecular flexibility index (Phi) is 5.11. The topological polar surface area (TPSA) is 57.8 Å². The lowest BCUT2D eigenvalue weighted by Crippen LogP contribution is -2.15. The summed E-state index contributed by atoms with van der Waals surface area (Å²) in [5.41, 5.74) is 2.88. The van der Waals surface area contributed by atoms with Crippen LogP contribution < -0.4 is 0 Å². The smallest absolute Gasteiger partial charge is 0.153 e. The van der Waals surface area contributed by atoms with Gasteiger partial charge in [-0.25, -0.2) is 9.67 Å². The molecule has 0 bridgehead atoms. The van der Waals surface area contributed by atoms with Gasteiger partial charge in [0.05, 0.1) is 12.6 Å². The van der Waals surface area contributed by atoms with Gasteiger partial charge in [0.2, 0.25) is 0 Å². The molecule has 1 aliphatic rings. The molecule has 0 aliphatic heterocycles. The first-order valence-corrected chi connectivity index (χ1v) is 9.31. The number of methoxy groups -OCH3 is 1. The Balaban J connectivity index is 1.49. The normalized spacial score (nSPS) is 14.0. The molecule has 0 unspecified atom stereocenters. The van der Waals surface area contributed by atoms with Gasteiger partial charge in [0.15, 0.2) is 5.82 Å². The minimum atomic E-state index is 0.371. The Morgan fingerprint density at radius 1 is 1.12 bits per heavy atom. The minimum absolute atomic E-state index is 0.371. The van der Waals surface area contributed by atoms with Crippen molar-refractivity contribution in [1.82, 2.24) is 24.5 Å². The first-order valence-electron chi connectivity index (χ1n) is 9.31. The fourth-order valence-electron chi connectivity index (χ4n) is 3.71. The fraction of sp³-hybridized carbons (Fsp3) is 0.450. The van der Waals surface area contributed by atoms with Crippen LogP contribution in [-0.4, -0.2) is 38.3 Å². The highest BCUT2D eigenvalue weighted by Gasteiger charge is 2.26. The summed E-state index contributed by atoms with van der Waals surface area (Å²) >= 11 is 0. The van der Waals surface area contributed by atoms with Crippen LogP contribution in [-0.2, 0) is 37.0 Å². The summed E-state index contributed by atoms with van der Waals surface area (Å²) in [6, 6.07) is 11.0. The van der Waals surface area contributed by atoms with Gasteiger partial charge in [-0.1, -0.05) is 24.3 Å². The Hall–Kier alpha value is -2.47. The first kappa shape index (κ1) is 17.0. The van der Waals surface area contributed by atoms with Crippen molar-refractivity contribution >= 4 is 0 Å². The summed E-state index contributed by atoms with van der Waals surface area (Å²) in [7, 11) is 1.72. The average Bonchev–Trinajstić information content (AvgIpc) is 3.39. The number of ether oxygens (including phenoxy) is 1. The third-order valence-corrected chi connectivity index (χ3v) is 5.00. The van der Waals surface area contributed by atoms with Crippen molar-refractivity contribution in [3.05, 3.63) is 65.5 Å². The number of aryl methyl sites for hydroxylation is 2. The second-order valence-electron chi connectivity index (χ2n) is 6.84. The van der Waals surface area contributed by atoms with E-state index < -0.39 is 0 Å². The van der Waals surface area contributed by atoms with Crippen LogP contribution in [0.5, 0.6) is 0 Å². The zero-order valence-electron chi connectivity index (χ0n) is 15.2. The quantitative estimate of drug-likeness (QED) is 0.626. The van der Waals surface area contributed by atoms with Crippen LogP contribution in [0, 0.1) is 0 Å². The number of hydrogen-bond acceptors (Lipinski definition) is 4. The van der Waals surface area contributed by atoms with Crippen LogP contribution in [0.4, 0.5) is 0 Å². The van der Waals surface area contributed by atoms with Gasteiger partial charge >= 0.3 is 0 Å². The molecule has 1 aliphatic carbocycles. The number of rotatable bonds is 8. The third-order valence-electron chi connectivity index (χ3n) is 5.00. The molecule has 0 radical (unpaired) electrons. The number of aromatic nitrogens is 5. The molecule has 136 valence electrons. The molecule has 4 rings (SSSR count). The van der Waals surface area contributed by atoms with Gasteiger partial charge in [-0.3, -0.25) is 4.68 Å². The molecule has 0 N–H and O–H groups in total. The largest absolute Gasteiger partial charge is 0.384 e. The van der Waals surface area contributed by atoms with Gasteiger partial charge in [-0.15, -0.1) is 0 Å². The molecule has 0 spiro atoms. The van der Waals surface area contributed by atoms with Crippen molar-refractivity contribution in [3.8, 4) is 0 Å². The van der Waals surface area contributed by atoms with Crippen molar-refractivity contribution in [2.24, 2.45) is 0 Å². The highest BCUT2D eigenvalue weighted by molar-refractivity contribution is 5.32. The van der Waals surface area contributed by atoms with E-state index in [0.29, 0.717) is 12.6 Å². The van der Waals surface area contributed by atoms with Crippen molar-refractivity contribution in [1.29, 1.82) is 0 Å². The molecule has 2 heterocycles. The van der Waals surface area contributed by atoms with Crippen molar-refractivity contribution in [3.63, 3.8) is 0 Å². The maximum absolute atomic E-state index is 5.20. The molecule has 0 fully saturated rings. The van der Waals surface area contributed by atoms with Gasteiger partial charge in [-0.05, 0) is 36.5 Å². The van der Waals surface area contributed by atoms with Crippen molar-refractivity contribution in [2.45, 2.75) is 44.7 Å². The zero-order valence-corrected chi connectivity index (χ0v) is 15.2. The predicted octanol–water partition coefficient (Wildman–Crippen LogP) is 2.64. The van der Waals surface area contributed by atoms with Crippen LogP contribution in [0.2, 0.25) is 0 Å². The van der Waals surface area contributed by atoms with E-state index in [4.69, 9.17) is 14.8 Å². The lowest BCUT2D eigenvalue weighted by atomic mass is 10.1. The van der Waals surface area contributed by atoms with E-state index in [0.717, 1.165) is 50.3 Å². The molecular weight excluding hydrogens is 326 g/mol. The first-order chi connectivity index (χ1) is 12.8. The molecule has 0 saturated heterocycles. The zero-order chi connectivity index (χ0) is 17.8. The molecule has 2 aromatic heterocycles. The van der Waals surface area contributed by atoms with Gasteiger partial charge < -0.3 is 4.74 Å². The molecule has 0 saturated carbocycles. The monoisotopic (exact) mass is 351 g/mol. The SMILES string of the molecule is COCCc1nc(CCCn2cccn2)n(C2Cc3ccccc3C2)n1. The summed E-state index contributed by atoms with van der Waals surface area (Å²) in [6.45, 7) is 1.56. The molecule has 6 nitrogen and oxygen atoms in total. The van der Waals surface area contributed by atoms with Crippen LogP contribution in [0.1, 0.15) is 35.2 Å². The lowest BCUT2D eigenvalue weighted by Gasteiger charge is -2.13. The molecule has 3 aromatic rings. The molecule has 0 atom stereocenters. The summed E-state index contributed by atoms with van der Waals surface area (Å²) in [5, 5.41) is 9.11. The van der Waals surface area contributed by atoms with Crippen LogP contribution in [0.25, 0.3) is 0 Å². The summed E-state index contributed by atoms with van der Waals surface area (Å²) in [6.07, 6.45) is 8.57. The number of hydrogen-bond donors (Lipinski definition) is 0. The molecular formula is C20H25N5O. The van der Waals surface area contributed by atoms with E-state index in [9.17, 15) is 0 Å². The number of nitrogens with zero attached hydrogens (tertiary/aromatic N) is 5. The van der Waals surface area contributed by atoms with Crippen LogP contribution in [0.3, 0.4) is 0 Å². The third kappa shape index (κ3) is 3.70. The fourth-order valence-corrected chi connectivity index (χ4v) is 3.71. The molecule has 6 heteroatoms. The second kappa shape index (κ2) is 7.83. The van der Waals surface area contributed by atoms with Crippen LogP contribution >= 0.6 is 0 Å². The van der Waals surface area contributed by atoms with E-state index in [1.54, 1.807) is 7.11 Å². The van der Waals surface area contributed by atoms with Gasteiger partial charge in [0, 0.05) is 38.9 Å². The molecule has 26 heavy (non-hydrogen) atoms. The lowest BCUT2D eigenvalue weighted by molar-refractivity contribution is 0.200. The summed E-state index contributed by atoms with van der Waals surface area (Å²) in [5.74, 6) is 1.97. The summed E-state index contributed by atoms with van der Waals surface area (Å²) in [4.78, 5) is 4.82. The Bertz CT molecular complexity index is 815. The second-order valence-corrected chi connectivity index (χ2v) is 6.84. The van der Waals surface area contributed by atoms with Crippen molar-refractivity contribution < 1.29 is 4.74 Å².